The minimum Gasteiger partial charge on any atom is -0.436 e. The molecule has 20 heavy (non-hydrogen) atoms. The normalized spacial score (nSPS) is 10.8. The molecule has 0 bridgehead atoms. The molecule has 106 valence electrons. The number of rotatable bonds is 5. The maximum atomic E-state index is 6.22. The SMILES string of the molecule is CC(C)NCc1cnc(Oc2ccccc2Br)c(Cl)c1. The minimum absolute atomic E-state index is 0.409. The summed E-state index contributed by atoms with van der Waals surface area (Å²) in [6, 6.07) is 9.88. The van der Waals surface area contributed by atoms with E-state index in [1.807, 2.05) is 30.3 Å². The molecule has 0 unspecified atom stereocenters. The second-order valence-corrected chi connectivity index (χ2v) is 5.96. The molecule has 3 nitrogen and oxygen atoms in total. The van der Waals surface area contributed by atoms with Crippen molar-refractivity contribution in [3.63, 3.8) is 0 Å². The van der Waals surface area contributed by atoms with E-state index in [2.05, 4.69) is 40.1 Å². The molecule has 0 amide bonds. The summed E-state index contributed by atoms with van der Waals surface area (Å²) in [6.07, 6.45) is 1.77. The molecule has 1 heterocycles. The lowest BCUT2D eigenvalue weighted by Crippen LogP contribution is -2.21. The highest BCUT2D eigenvalue weighted by molar-refractivity contribution is 9.10. The van der Waals surface area contributed by atoms with Crippen LogP contribution in [0.4, 0.5) is 0 Å². The standard InChI is InChI=1S/C15H16BrClN2O/c1-10(2)18-8-11-7-13(17)15(19-9-11)20-14-6-4-3-5-12(14)16/h3-7,9-10,18H,8H2,1-2H3. The molecule has 0 radical (unpaired) electrons. The third kappa shape index (κ3) is 4.20. The molecule has 0 aliphatic rings. The van der Waals surface area contributed by atoms with Crippen molar-refractivity contribution in [1.82, 2.24) is 10.3 Å². The van der Waals surface area contributed by atoms with Crippen LogP contribution in [-0.4, -0.2) is 11.0 Å². The topological polar surface area (TPSA) is 34.2 Å². The van der Waals surface area contributed by atoms with E-state index in [1.54, 1.807) is 6.20 Å². The highest BCUT2D eigenvalue weighted by Gasteiger charge is 2.08. The number of para-hydroxylation sites is 1. The van der Waals surface area contributed by atoms with Crippen molar-refractivity contribution in [3.8, 4) is 11.6 Å². The molecule has 1 aromatic heterocycles. The fraction of sp³-hybridized carbons (Fsp3) is 0.267. The van der Waals surface area contributed by atoms with Gasteiger partial charge < -0.3 is 10.1 Å². The fourth-order valence-electron chi connectivity index (χ4n) is 1.59. The van der Waals surface area contributed by atoms with Crippen molar-refractivity contribution in [1.29, 1.82) is 0 Å². The number of nitrogens with one attached hydrogen (secondary N) is 1. The van der Waals surface area contributed by atoms with E-state index in [0.717, 1.165) is 16.6 Å². The Morgan fingerprint density at radius 2 is 2.10 bits per heavy atom. The van der Waals surface area contributed by atoms with Gasteiger partial charge in [-0.15, -0.1) is 0 Å². The molecule has 2 aromatic rings. The van der Waals surface area contributed by atoms with E-state index in [4.69, 9.17) is 16.3 Å². The highest BCUT2D eigenvalue weighted by Crippen LogP contribution is 2.32. The molecule has 0 aliphatic heterocycles. The van der Waals surface area contributed by atoms with E-state index in [0.29, 0.717) is 22.7 Å². The first-order valence-electron chi connectivity index (χ1n) is 6.36. The van der Waals surface area contributed by atoms with Crippen molar-refractivity contribution in [3.05, 3.63) is 51.6 Å². The van der Waals surface area contributed by atoms with Crippen LogP contribution >= 0.6 is 27.5 Å². The van der Waals surface area contributed by atoms with Crippen molar-refractivity contribution >= 4 is 27.5 Å². The third-order valence-corrected chi connectivity index (χ3v) is 3.55. The van der Waals surface area contributed by atoms with E-state index in [-0.39, 0.29) is 0 Å². The summed E-state index contributed by atoms with van der Waals surface area (Å²) in [4.78, 5) is 4.28. The number of ether oxygens (including phenoxy) is 1. The van der Waals surface area contributed by atoms with Gasteiger partial charge in [-0.1, -0.05) is 37.6 Å². The first kappa shape index (κ1) is 15.3. The molecule has 2 rings (SSSR count). The second-order valence-electron chi connectivity index (χ2n) is 4.70. The van der Waals surface area contributed by atoms with Gasteiger partial charge in [0, 0.05) is 18.8 Å². The maximum Gasteiger partial charge on any atom is 0.238 e. The van der Waals surface area contributed by atoms with Crippen LogP contribution in [0.15, 0.2) is 41.0 Å². The number of hydrogen-bond acceptors (Lipinski definition) is 3. The lowest BCUT2D eigenvalue weighted by atomic mass is 10.2. The summed E-state index contributed by atoms with van der Waals surface area (Å²) in [5.41, 5.74) is 1.03. The summed E-state index contributed by atoms with van der Waals surface area (Å²) >= 11 is 9.64. The van der Waals surface area contributed by atoms with Crippen LogP contribution in [0.3, 0.4) is 0 Å². The summed E-state index contributed by atoms with van der Waals surface area (Å²) in [7, 11) is 0. The third-order valence-electron chi connectivity index (χ3n) is 2.62. The molecule has 1 aromatic carbocycles. The van der Waals surface area contributed by atoms with Crippen LogP contribution in [0.25, 0.3) is 0 Å². The zero-order chi connectivity index (χ0) is 14.5. The highest BCUT2D eigenvalue weighted by atomic mass is 79.9. The second kappa shape index (κ2) is 7.07. The molecule has 0 saturated carbocycles. The molecule has 1 N–H and O–H groups in total. The molecule has 0 fully saturated rings. The van der Waals surface area contributed by atoms with Gasteiger partial charge in [0.25, 0.3) is 0 Å². The minimum atomic E-state index is 0.409. The summed E-state index contributed by atoms with van der Waals surface area (Å²) in [5, 5.41) is 3.82. The number of hydrogen-bond donors (Lipinski definition) is 1. The Morgan fingerprint density at radius 1 is 1.35 bits per heavy atom. The number of aromatic nitrogens is 1. The lowest BCUT2D eigenvalue weighted by molar-refractivity contribution is 0.459. The van der Waals surface area contributed by atoms with Gasteiger partial charge in [0.2, 0.25) is 5.88 Å². The predicted molar refractivity (Wildman–Crippen MR) is 85.4 cm³/mol. The van der Waals surface area contributed by atoms with Gasteiger partial charge in [0.05, 0.1) is 4.47 Å². The van der Waals surface area contributed by atoms with Crippen LogP contribution in [0.1, 0.15) is 19.4 Å². The van der Waals surface area contributed by atoms with Crippen LogP contribution < -0.4 is 10.1 Å². The van der Waals surface area contributed by atoms with Gasteiger partial charge in [0.15, 0.2) is 0 Å². The zero-order valence-electron chi connectivity index (χ0n) is 11.4. The van der Waals surface area contributed by atoms with Crippen molar-refractivity contribution < 1.29 is 4.74 Å². The average molecular weight is 356 g/mol. The summed E-state index contributed by atoms with van der Waals surface area (Å²) < 4.78 is 6.57. The van der Waals surface area contributed by atoms with Crippen molar-refractivity contribution in [2.75, 3.05) is 0 Å². The van der Waals surface area contributed by atoms with Gasteiger partial charge in [-0.2, -0.15) is 0 Å². The predicted octanol–water partition coefficient (Wildman–Crippen LogP) is 4.79. The molecule has 0 saturated heterocycles. The lowest BCUT2D eigenvalue weighted by Gasteiger charge is -2.11. The Kier molecular flexibility index (Phi) is 5.40. The molecule has 0 aliphatic carbocycles. The smallest absolute Gasteiger partial charge is 0.238 e. The van der Waals surface area contributed by atoms with Gasteiger partial charge >= 0.3 is 0 Å². The van der Waals surface area contributed by atoms with Gasteiger partial charge in [-0.3, -0.25) is 0 Å². The van der Waals surface area contributed by atoms with Gasteiger partial charge in [-0.25, -0.2) is 4.98 Å². The van der Waals surface area contributed by atoms with Gasteiger partial charge in [-0.05, 0) is 39.7 Å². The number of halogens is 2. The number of pyridine rings is 1. The van der Waals surface area contributed by atoms with Crippen molar-refractivity contribution in [2.45, 2.75) is 26.4 Å². The van der Waals surface area contributed by atoms with Crippen LogP contribution in [0, 0.1) is 0 Å². The monoisotopic (exact) mass is 354 g/mol. The quantitative estimate of drug-likeness (QED) is 0.837. The molecular formula is C15H16BrClN2O. The summed E-state index contributed by atoms with van der Waals surface area (Å²) in [5.74, 6) is 1.10. The average Bonchev–Trinajstić information content (AvgIpc) is 2.41. The fourth-order valence-corrected chi connectivity index (χ4v) is 2.18. The van der Waals surface area contributed by atoms with E-state index >= 15 is 0 Å². The Balaban J connectivity index is 2.12. The van der Waals surface area contributed by atoms with E-state index < -0.39 is 0 Å². The summed E-state index contributed by atoms with van der Waals surface area (Å²) in [6.45, 7) is 4.93. The number of nitrogens with zero attached hydrogens (tertiary/aromatic N) is 1. The largest absolute Gasteiger partial charge is 0.436 e. The van der Waals surface area contributed by atoms with Crippen LogP contribution in [0.2, 0.25) is 5.02 Å². The van der Waals surface area contributed by atoms with Crippen LogP contribution in [0.5, 0.6) is 11.6 Å². The molecule has 0 atom stereocenters. The Labute approximate surface area is 132 Å². The molecule has 5 heteroatoms. The molecular weight excluding hydrogens is 340 g/mol. The maximum absolute atomic E-state index is 6.22. The number of benzene rings is 1. The Morgan fingerprint density at radius 3 is 2.75 bits per heavy atom. The van der Waals surface area contributed by atoms with E-state index in [9.17, 15) is 0 Å². The first-order chi connectivity index (χ1) is 9.56. The molecule has 0 spiro atoms. The Hall–Kier alpha value is -1.10. The Bertz CT molecular complexity index is 590. The zero-order valence-corrected chi connectivity index (χ0v) is 13.7. The van der Waals surface area contributed by atoms with E-state index in [1.165, 1.54) is 0 Å². The first-order valence-corrected chi connectivity index (χ1v) is 7.53. The van der Waals surface area contributed by atoms with Crippen LogP contribution in [-0.2, 0) is 6.54 Å². The van der Waals surface area contributed by atoms with Gasteiger partial charge in [0.1, 0.15) is 10.8 Å². The van der Waals surface area contributed by atoms with Crippen molar-refractivity contribution in [2.24, 2.45) is 0 Å².